The molecule has 2 aliphatic rings. The highest BCUT2D eigenvalue weighted by Gasteiger charge is 2.25. The van der Waals surface area contributed by atoms with Crippen molar-refractivity contribution in [3.05, 3.63) is 20.3 Å². The summed E-state index contributed by atoms with van der Waals surface area (Å²) in [7, 11) is 2.15. The smallest absolute Gasteiger partial charge is 0.224 e. The van der Waals surface area contributed by atoms with Gasteiger partial charge in [0.05, 0.1) is 9.08 Å². The van der Waals surface area contributed by atoms with Crippen molar-refractivity contribution in [1.82, 2.24) is 19.7 Å². The van der Waals surface area contributed by atoms with E-state index in [0.29, 0.717) is 13.0 Å². The Balaban J connectivity index is 1.52. The Bertz CT molecular complexity index is 552. The minimum Gasteiger partial charge on any atom is -0.352 e. The maximum Gasteiger partial charge on any atom is 0.224 e. The molecule has 0 aliphatic carbocycles. The molecule has 3 rings (SSSR count). The van der Waals surface area contributed by atoms with E-state index >= 15 is 0 Å². The summed E-state index contributed by atoms with van der Waals surface area (Å²) >= 11 is 7.10. The first-order valence-electron chi connectivity index (χ1n) is 7.78. The van der Waals surface area contributed by atoms with Gasteiger partial charge in [0, 0.05) is 69.9 Å². The number of halogens is 2. The molecule has 1 amide bonds. The molecule has 3 heterocycles. The molecule has 7 heteroatoms. The van der Waals surface area contributed by atoms with Crippen LogP contribution in [0.15, 0.2) is 9.08 Å². The number of fused-ring (bicyclic) bond motifs is 1. The highest BCUT2D eigenvalue weighted by molar-refractivity contribution is 9.13. The van der Waals surface area contributed by atoms with Crippen molar-refractivity contribution in [2.24, 2.45) is 0 Å². The molecule has 0 radical (unpaired) electrons. The molecular weight excluding hydrogens is 412 g/mol. The second-order valence-electron chi connectivity index (χ2n) is 6.17. The molecule has 1 aromatic rings. The average Bonchev–Trinajstić information content (AvgIpc) is 2.81. The van der Waals surface area contributed by atoms with Crippen LogP contribution in [-0.2, 0) is 17.8 Å². The van der Waals surface area contributed by atoms with Crippen molar-refractivity contribution >= 4 is 37.8 Å². The zero-order valence-corrected chi connectivity index (χ0v) is 16.0. The van der Waals surface area contributed by atoms with Gasteiger partial charge in [-0.25, -0.2) is 0 Å². The van der Waals surface area contributed by atoms with Crippen LogP contribution in [0.1, 0.15) is 17.7 Å². The Morgan fingerprint density at radius 3 is 2.64 bits per heavy atom. The molecule has 0 unspecified atom stereocenters. The SMILES string of the molecule is CN1CCN(CCC(=O)N2CCc3[nH]c(Br)c(Br)c3C2)CC1. The van der Waals surface area contributed by atoms with Gasteiger partial charge in [0.25, 0.3) is 0 Å². The molecule has 1 N–H and O–H groups in total. The third-order valence-electron chi connectivity index (χ3n) is 4.65. The number of amides is 1. The number of hydrogen-bond acceptors (Lipinski definition) is 3. The highest BCUT2D eigenvalue weighted by atomic mass is 79.9. The highest BCUT2D eigenvalue weighted by Crippen LogP contribution is 2.33. The Morgan fingerprint density at radius 1 is 1.18 bits per heavy atom. The summed E-state index contributed by atoms with van der Waals surface area (Å²) in [6, 6.07) is 0. The fourth-order valence-electron chi connectivity index (χ4n) is 3.12. The topological polar surface area (TPSA) is 42.6 Å². The second kappa shape index (κ2) is 7.03. The lowest BCUT2D eigenvalue weighted by atomic mass is 10.1. The van der Waals surface area contributed by atoms with Gasteiger partial charge in [-0.3, -0.25) is 4.79 Å². The molecule has 1 saturated heterocycles. The summed E-state index contributed by atoms with van der Waals surface area (Å²) in [5.74, 6) is 0.272. The van der Waals surface area contributed by atoms with E-state index in [2.05, 4.69) is 53.7 Å². The number of carbonyl (C=O) groups is 1. The molecule has 0 bridgehead atoms. The van der Waals surface area contributed by atoms with Gasteiger partial charge in [-0.1, -0.05) is 0 Å². The number of nitrogens with zero attached hydrogens (tertiary/aromatic N) is 3. The first-order valence-corrected chi connectivity index (χ1v) is 9.36. The number of likely N-dealkylation sites (N-methyl/N-ethyl adjacent to an activating group) is 1. The number of aromatic amines is 1. The van der Waals surface area contributed by atoms with E-state index in [1.54, 1.807) is 0 Å². The Labute approximate surface area is 148 Å². The summed E-state index contributed by atoms with van der Waals surface area (Å²) in [5, 5.41) is 0. The van der Waals surface area contributed by atoms with Crippen molar-refractivity contribution in [2.75, 3.05) is 46.3 Å². The number of piperazine rings is 1. The second-order valence-corrected chi connectivity index (χ2v) is 7.76. The number of hydrogen-bond donors (Lipinski definition) is 1. The molecule has 0 aromatic carbocycles. The van der Waals surface area contributed by atoms with Gasteiger partial charge < -0.3 is 19.7 Å². The number of aromatic nitrogens is 1. The summed E-state index contributed by atoms with van der Waals surface area (Å²) in [4.78, 5) is 22.5. The van der Waals surface area contributed by atoms with Crippen LogP contribution in [0.25, 0.3) is 0 Å². The van der Waals surface area contributed by atoms with Gasteiger partial charge in [-0.2, -0.15) is 0 Å². The van der Waals surface area contributed by atoms with Crippen molar-refractivity contribution < 1.29 is 4.79 Å². The summed E-state index contributed by atoms with van der Waals surface area (Å²) in [6.45, 7) is 6.76. The van der Waals surface area contributed by atoms with Gasteiger partial charge >= 0.3 is 0 Å². The van der Waals surface area contributed by atoms with Crippen LogP contribution >= 0.6 is 31.9 Å². The van der Waals surface area contributed by atoms with E-state index < -0.39 is 0 Å². The third kappa shape index (κ3) is 3.58. The molecule has 1 aromatic heterocycles. The third-order valence-corrected chi connectivity index (χ3v) is 6.66. The summed E-state index contributed by atoms with van der Waals surface area (Å²) in [5.41, 5.74) is 2.45. The van der Waals surface area contributed by atoms with E-state index in [4.69, 9.17) is 0 Å². The minimum atomic E-state index is 0.272. The molecule has 2 aliphatic heterocycles. The Morgan fingerprint density at radius 2 is 1.91 bits per heavy atom. The van der Waals surface area contributed by atoms with Gasteiger partial charge in [-0.05, 0) is 38.9 Å². The van der Waals surface area contributed by atoms with E-state index in [1.165, 1.54) is 11.3 Å². The van der Waals surface area contributed by atoms with Crippen molar-refractivity contribution in [3.63, 3.8) is 0 Å². The van der Waals surface area contributed by atoms with Crippen LogP contribution in [0.3, 0.4) is 0 Å². The number of nitrogens with one attached hydrogen (secondary N) is 1. The van der Waals surface area contributed by atoms with Crippen LogP contribution in [0.2, 0.25) is 0 Å². The summed E-state index contributed by atoms with van der Waals surface area (Å²) in [6.07, 6.45) is 1.53. The lowest BCUT2D eigenvalue weighted by Crippen LogP contribution is -2.46. The predicted octanol–water partition coefficient (Wildman–Crippen LogP) is 2.06. The van der Waals surface area contributed by atoms with Crippen LogP contribution < -0.4 is 0 Å². The number of carbonyl (C=O) groups excluding carboxylic acids is 1. The van der Waals surface area contributed by atoms with Gasteiger partial charge in [0.1, 0.15) is 0 Å². The molecule has 0 saturated carbocycles. The fraction of sp³-hybridized carbons (Fsp3) is 0.667. The molecule has 5 nitrogen and oxygen atoms in total. The quantitative estimate of drug-likeness (QED) is 0.793. The van der Waals surface area contributed by atoms with E-state index in [-0.39, 0.29) is 5.91 Å². The first-order chi connectivity index (χ1) is 10.5. The zero-order valence-electron chi connectivity index (χ0n) is 12.9. The lowest BCUT2D eigenvalue weighted by molar-refractivity contribution is -0.132. The fourth-order valence-corrected chi connectivity index (χ4v) is 4.06. The maximum absolute atomic E-state index is 12.5. The zero-order chi connectivity index (χ0) is 15.7. The number of rotatable bonds is 3. The largest absolute Gasteiger partial charge is 0.352 e. The van der Waals surface area contributed by atoms with Crippen LogP contribution in [0.4, 0.5) is 0 Å². The van der Waals surface area contributed by atoms with E-state index in [1.807, 2.05) is 4.90 Å². The summed E-state index contributed by atoms with van der Waals surface area (Å²) < 4.78 is 2.03. The Hall–Kier alpha value is -0.370. The molecule has 22 heavy (non-hydrogen) atoms. The van der Waals surface area contributed by atoms with Crippen molar-refractivity contribution in [2.45, 2.75) is 19.4 Å². The average molecular weight is 434 g/mol. The standard InChI is InChI=1S/C15H22Br2N4O/c1-19-6-8-20(9-7-19)4-3-13(22)21-5-2-12-11(10-21)14(16)15(17)18-12/h18H,2-10H2,1H3. The molecule has 0 atom stereocenters. The van der Waals surface area contributed by atoms with Gasteiger partial charge in [0.15, 0.2) is 0 Å². The van der Waals surface area contributed by atoms with Crippen molar-refractivity contribution in [1.29, 1.82) is 0 Å². The monoisotopic (exact) mass is 432 g/mol. The molecule has 0 spiro atoms. The van der Waals surface area contributed by atoms with Crippen LogP contribution in [0, 0.1) is 0 Å². The number of H-pyrrole nitrogens is 1. The van der Waals surface area contributed by atoms with E-state index in [9.17, 15) is 4.79 Å². The maximum atomic E-state index is 12.5. The van der Waals surface area contributed by atoms with Crippen LogP contribution in [-0.4, -0.2) is 71.9 Å². The van der Waals surface area contributed by atoms with Crippen molar-refractivity contribution in [3.8, 4) is 0 Å². The van der Waals surface area contributed by atoms with Crippen LogP contribution in [0.5, 0.6) is 0 Å². The minimum absolute atomic E-state index is 0.272. The molecule has 122 valence electrons. The molecular formula is C15H22Br2N4O. The van der Waals surface area contributed by atoms with E-state index in [0.717, 1.165) is 54.8 Å². The normalized spacial score (nSPS) is 20.2. The predicted molar refractivity (Wildman–Crippen MR) is 93.9 cm³/mol. The van der Waals surface area contributed by atoms with Gasteiger partial charge in [0.2, 0.25) is 5.91 Å². The first kappa shape index (κ1) is 16.5. The lowest BCUT2D eigenvalue weighted by Gasteiger charge is -2.33. The van der Waals surface area contributed by atoms with Gasteiger partial charge in [-0.15, -0.1) is 0 Å². The molecule has 1 fully saturated rings. The Kier molecular flexibility index (Phi) is 5.27.